The Morgan fingerprint density at radius 3 is 1.54 bits per heavy atom. The Bertz CT molecular complexity index is 1230. The average molecular weight is 829 g/mol. The van der Waals surface area contributed by atoms with Crippen LogP contribution < -0.4 is 0 Å². The van der Waals surface area contributed by atoms with Gasteiger partial charge in [0.05, 0.1) is 13.2 Å². The number of hydrogen-bond acceptors (Lipinski definition) is 10. The molecule has 6 unspecified atom stereocenters. The van der Waals surface area contributed by atoms with Crippen molar-refractivity contribution in [2.75, 3.05) is 19.8 Å². The van der Waals surface area contributed by atoms with Gasteiger partial charge in [-0.1, -0.05) is 137 Å². The molecule has 1 heterocycles. The van der Waals surface area contributed by atoms with Gasteiger partial charge in [-0.3, -0.25) is 9.59 Å². The zero-order valence-corrected chi connectivity index (χ0v) is 36.5. The zero-order valence-electron chi connectivity index (χ0n) is 36.5. The van der Waals surface area contributed by atoms with Gasteiger partial charge in [0.15, 0.2) is 12.4 Å². The van der Waals surface area contributed by atoms with Crippen LogP contribution in [0, 0.1) is 0 Å². The highest BCUT2D eigenvalue weighted by atomic mass is 16.7. The van der Waals surface area contributed by atoms with Gasteiger partial charge in [0.2, 0.25) is 0 Å². The molecule has 0 bridgehead atoms. The lowest BCUT2D eigenvalue weighted by Gasteiger charge is -2.39. The smallest absolute Gasteiger partial charge is 0.306 e. The molecule has 1 rings (SSSR count). The molecule has 10 heteroatoms. The molecule has 0 aliphatic carbocycles. The number of allylic oxidation sites excluding steroid dienone is 14. The average Bonchev–Trinajstić information content (AvgIpc) is 3.23. The maximum atomic E-state index is 12.8. The van der Waals surface area contributed by atoms with Crippen molar-refractivity contribution in [3.05, 3.63) is 85.1 Å². The Labute approximate surface area is 356 Å². The Morgan fingerprint density at radius 1 is 0.542 bits per heavy atom. The van der Waals surface area contributed by atoms with Gasteiger partial charge in [-0.2, -0.15) is 0 Å². The number of carbonyl (C=O) groups is 2. The molecule has 6 atom stereocenters. The summed E-state index contributed by atoms with van der Waals surface area (Å²) in [5.41, 5.74) is 0. The first-order valence-electron chi connectivity index (χ1n) is 22.7. The third-order valence-corrected chi connectivity index (χ3v) is 9.76. The van der Waals surface area contributed by atoms with Crippen molar-refractivity contribution >= 4 is 11.9 Å². The number of carbonyl (C=O) groups excluding carboxylic acids is 2. The van der Waals surface area contributed by atoms with Crippen LogP contribution in [0.2, 0.25) is 0 Å². The third kappa shape index (κ3) is 30.5. The van der Waals surface area contributed by atoms with Crippen molar-refractivity contribution in [1.82, 2.24) is 0 Å². The van der Waals surface area contributed by atoms with Gasteiger partial charge in [0.25, 0.3) is 0 Å². The predicted molar refractivity (Wildman–Crippen MR) is 237 cm³/mol. The van der Waals surface area contributed by atoms with Crippen molar-refractivity contribution in [2.24, 2.45) is 0 Å². The molecule has 59 heavy (non-hydrogen) atoms. The molecule has 0 aromatic carbocycles. The van der Waals surface area contributed by atoms with E-state index in [4.69, 9.17) is 18.9 Å². The van der Waals surface area contributed by atoms with Crippen molar-refractivity contribution in [3.63, 3.8) is 0 Å². The van der Waals surface area contributed by atoms with E-state index in [-0.39, 0.29) is 26.1 Å². The minimum atomic E-state index is -1.61. The summed E-state index contributed by atoms with van der Waals surface area (Å²) >= 11 is 0. The summed E-state index contributed by atoms with van der Waals surface area (Å²) in [4.78, 5) is 25.3. The SMILES string of the molecule is CC/C=C\C/C=C\C/C=C\C/C=C\CCCCC(=O)OC(COC(=O)CCCCCCCC/C=C\C/C=C\C/C=C\CCCCC)COC1OC(CO)C(O)C(O)C1O. The minimum Gasteiger partial charge on any atom is -0.462 e. The van der Waals surface area contributed by atoms with E-state index in [9.17, 15) is 30.0 Å². The number of aliphatic hydroxyl groups excluding tert-OH is 4. The van der Waals surface area contributed by atoms with Crippen molar-refractivity contribution < 1.29 is 49.0 Å². The number of rotatable bonds is 36. The quantitative estimate of drug-likeness (QED) is 0.0273. The van der Waals surface area contributed by atoms with Crippen LogP contribution >= 0.6 is 0 Å². The molecule has 0 aromatic heterocycles. The van der Waals surface area contributed by atoms with Gasteiger partial charge in [0, 0.05) is 12.8 Å². The fourth-order valence-electron chi connectivity index (χ4n) is 6.18. The molecule has 0 aromatic rings. The van der Waals surface area contributed by atoms with Gasteiger partial charge < -0.3 is 39.4 Å². The number of unbranched alkanes of at least 4 members (excludes halogenated alkanes) is 11. The lowest BCUT2D eigenvalue weighted by atomic mass is 9.99. The first-order chi connectivity index (χ1) is 28.8. The minimum absolute atomic E-state index is 0.170. The van der Waals surface area contributed by atoms with Crippen LogP contribution in [0.5, 0.6) is 0 Å². The largest absolute Gasteiger partial charge is 0.462 e. The molecule has 10 nitrogen and oxygen atoms in total. The summed E-state index contributed by atoms with van der Waals surface area (Å²) in [5.74, 6) is -0.878. The molecule has 0 amide bonds. The lowest BCUT2D eigenvalue weighted by Crippen LogP contribution is -2.59. The number of ether oxygens (including phenoxy) is 4. The standard InChI is InChI=1S/C49H80O10/c1-3-5-7-9-11-13-15-17-19-20-21-22-24-25-27-29-31-33-35-37-44(51)56-40-42(41-57-49-48(55)47(54)46(53)43(39-50)59-49)58-45(52)38-36-34-32-30-28-26-23-18-16-14-12-10-8-6-4-2/h6,8,11-14,17-19,21-23,28,30,42-43,46-50,53-55H,3-5,7,9-10,15-16,20,24-27,29,31-41H2,1-2H3/b8-6-,13-11-,14-12-,19-17-,22-21-,23-18-,30-28-. The first-order valence-corrected chi connectivity index (χ1v) is 22.7. The first kappa shape index (κ1) is 53.9. The normalized spacial score (nSPS) is 20.8. The summed E-state index contributed by atoms with van der Waals surface area (Å²) < 4.78 is 22.1. The molecule has 0 saturated carbocycles. The summed E-state index contributed by atoms with van der Waals surface area (Å²) in [6.45, 7) is 3.21. The maximum absolute atomic E-state index is 12.8. The van der Waals surface area contributed by atoms with E-state index in [0.717, 1.165) is 89.9 Å². The zero-order chi connectivity index (χ0) is 43.0. The van der Waals surface area contributed by atoms with Crippen molar-refractivity contribution in [2.45, 2.75) is 192 Å². The fourth-order valence-corrected chi connectivity index (χ4v) is 6.18. The van der Waals surface area contributed by atoms with Gasteiger partial charge in [0.1, 0.15) is 31.0 Å². The third-order valence-electron chi connectivity index (χ3n) is 9.76. The van der Waals surface area contributed by atoms with E-state index in [1.807, 2.05) is 0 Å². The fraction of sp³-hybridized carbons (Fsp3) is 0.673. The molecule has 1 aliphatic rings. The summed E-state index contributed by atoms with van der Waals surface area (Å²) in [6.07, 6.45) is 43.0. The van der Waals surface area contributed by atoms with E-state index >= 15 is 0 Å². The van der Waals surface area contributed by atoms with Gasteiger partial charge in [-0.05, 0) is 89.9 Å². The highest BCUT2D eigenvalue weighted by Crippen LogP contribution is 2.22. The van der Waals surface area contributed by atoms with Crippen LogP contribution in [-0.4, -0.2) is 89.0 Å². The van der Waals surface area contributed by atoms with Crippen LogP contribution in [0.1, 0.15) is 155 Å². The molecule has 336 valence electrons. The van der Waals surface area contributed by atoms with Gasteiger partial charge in [-0.15, -0.1) is 0 Å². The van der Waals surface area contributed by atoms with E-state index in [0.29, 0.717) is 12.8 Å². The van der Waals surface area contributed by atoms with Gasteiger partial charge in [-0.25, -0.2) is 0 Å². The van der Waals surface area contributed by atoms with E-state index in [1.54, 1.807) is 0 Å². The van der Waals surface area contributed by atoms with E-state index in [1.165, 1.54) is 25.7 Å². The van der Waals surface area contributed by atoms with Crippen LogP contribution in [0.25, 0.3) is 0 Å². The molecule has 4 N–H and O–H groups in total. The van der Waals surface area contributed by atoms with E-state index in [2.05, 4.69) is 98.9 Å². The molecule has 1 saturated heterocycles. The van der Waals surface area contributed by atoms with Gasteiger partial charge >= 0.3 is 11.9 Å². The lowest BCUT2D eigenvalue weighted by molar-refractivity contribution is -0.305. The Morgan fingerprint density at radius 2 is 1.00 bits per heavy atom. The summed E-state index contributed by atoms with van der Waals surface area (Å²) in [6, 6.07) is 0. The summed E-state index contributed by atoms with van der Waals surface area (Å²) in [7, 11) is 0. The van der Waals surface area contributed by atoms with E-state index < -0.39 is 55.4 Å². The van der Waals surface area contributed by atoms with Crippen LogP contribution in [0.15, 0.2) is 85.1 Å². The second-order valence-corrected chi connectivity index (χ2v) is 15.1. The topological polar surface area (TPSA) is 152 Å². The highest BCUT2D eigenvalue weighted by Gasteiger charge is 2.44. The molecule has 0 radical (unpaired) electrons. The Kier molecular flexibility index (Phi) is 35.7. The van der Waals surface area contributed by atoms with Crippen molar-refractivity contribution in [3.8, 4) is 0 Å². The summed E-state index contributed by atoms with van der Waals surface area (Å²) in [5, 5.41) is 40.1. The Hall–Kier alpha value is -3.12. The van der Waals surface area contributed by atoms with Crippen molar-refractivity contribution in [1.29, 1.82) is 0 Å². The molecule has 0 spiro atoms. The number of hydrogen-bond donors (Lipinski definition) is 4. The second kappa shape index (κ2) is 39.0. The van der Waals surface area contributed by atoms with Crippen LogP contribution in [0.3, 0.4) is 0 Å². The highest BCUT2D eigenvalue weighted by molar-refractivity contribution is 5.70. The van der Waals surface area contributed by atoms with Crippen LogP contribution in [-0.2, 0) is 28.5 Å². The van der Waals surface area contributed by atoms with Crippen LogP contribution in [0.4, 0.5) is 0 Å². The number of esters is 2. The molecular weight excluding hydrogens is 749 g/mol. The molecule has 1 aliphatic heterocycles. The molecular formula is C49H80O10. The second-order valence-electron chi connectivity index (χ2n) is 15.1. The maximum Gasteiger partial charge on any atom is 0.306 e. The molecule has 1 fully saturated rings. The predicted octanol–water partition coefficient (Wildman–Crippen LogP) is 9.77. The Balaban J connectivity index is 2.37. The number of aliphatic hydroxyl groups is 4. The monoisotopic (exact) mass is 829 g/mol.